The molecule has 0 aliphatic carbocycles. The number of unbranched alkanes of at least 4 members (excludes halogenated alkanes) is 3. The Morgan fingerprint density at radius 2 is 0.636 bits per heavy atom. The smallest absolute Gasteiger partial charge is 0.322 e. The number of hydrogen-bond donors (Lipinski definition) is 17. The first-order chi connectivity index (χ1) is 51.0. The number of carboxylic acids is 8. The van der Waals surface area contributed by atoms with E-state index in [4.69, 9.17) is 167 Å². The number of carboxylic acid groups (broad SMARTS) is 8. The lowest BCUT2D eigenvalue weighted by Crippen LogP contribution is -2.42. The first-order valence-corrected chi connectivity index (χ1v) is 36.2. The summed E-state index contributed by atoms with van der Waals surface area (Å²) in [5.74, 6) is -7.25. The molecule has 8 rings (SSSR count). The van der Waals surface area contributed by atoms with Gasteiger partial charge in [-0.1, -0.05) is 19.3 Å². The molecule has 8 fully saturated rings. The first kappa shape index (κ1) is 99.7. The van der Waals surface area contributed by atoms with Crippen molar-refractivity contribution >= 4 is 65.3 Å². The van der Waals surface area contributed by atoms with Gasteiger partial charge in [0, 0.05) is 37.4 Å². The monoisotopic (exact) mass is 1580 g/mol. The van der Waals surface area contributed by atoms with E-state index >= 15 is 0 Å². The van der Waals surface area contributed by atoms with E-state index in [0.717, 1.165) is 57.8 Å². The van der Waals surface area contributed by atoms with Crippen molar-refractivity contribution in [3.05, 3.63) is 0 Å². The Hall–Kier alpha value is -5.26. The number of carbonyl (C=O) groups is 9. The molecule has 8 heterocycles. The number of Topliss-reactive ketones (excluding diaryl/α,β-unsaturated/α-hetero) is 1. The molecule has 43 nitrogen and oxygen atoms in total. The van der Waals surface area contributed by atoms with Crippen LogP contribution in [0.4, 0.5) is 0 Å². The lowest BCUT2D eigenvalue weighted by Gasteiger charge is -2.11. The molecule has 0 spiro atoms. The number of ketones is 1. The van der Waals surface area contributed by atoms with Gasteiger partial charge in [-0.2, -0.15) is 11.8 Å². The molecule has 0 aromatic rings. The van der Waals surface area contributed by atoms with Crippen LogP contribution in [0.15, 0.2) is 0 Å². The van der Waals surface area contributed by atoms with Crippen molar-refractivity contribution in [2.75, 3.05) is 144 Å². The number of thioether (sulfide) groups is 1. The molecule has 8 unspecified atom stereocenters. The van der Waals surface area contributed by atoms with Gasteiger partial charge < -0.3 is 173 Å². The Morgan fingerprint density at radius 1 is 0.327 bits per heavy atom. The zero-order valence-electron chi connectivity index (χ0n) is 60.3. The highest BCUT2D eigenvalue weighted by Gasteiger charge is 2.26. The summed E-state index contributed by atoms with van der Waals surface area (Å²) in [4.78, 5) is 93.8. The van der Waals surface area contributed by atoms with Gasteiger partial charge in [0.1, 0.15) is 54.1 Å². The molecule has 0 saturated carbocycles. The molecule has 0 amide bonds. The summed E-state index contributed by atoms with van der Waals surface area (Å²) in [6, 6.07) is -6.82. The molecule has 8 aliphatic rings. The molecule has 44 heteroatoms. The van der Waals surface area contributed by atoms with E-state index in [1.807, 2.05) is 0 Å². The van der Waals surface area contributed by atoms with Crippen LogP contribution in [0.1, 0.15) is 103 Å². The fourth-order valence-electron chi connectivity index (χ4n) is 8.96. The third-order valence-electron chi connectivity index (χ3n) is 15.0. The predicted molar refractivity (Wildman–Crippen MR) is 370 cm³/mol. The molecular weight excluding hydrogens is 1460 g/mol. The number of hydrogen-bond acceptors (Lipinski definition) is 36. The normalized spacial score (nSPS) is 20.1. The second-order valence-electron chi connectivity index (χ2n) is 24.0. The van der Waals surface area contributed by atoms with Crippen molar-refractivity contribution in [3.8, 4) is 0 Å². The van der Waals surface area contributed by atoms with Gasteiger partial charge in [0.25, 0.3) is 0 Å². The van der Waals surface area contributed by atoms with Crippen LogP contribution < -0.4 is 51.2 Å². The topological polar surface area (TPSA) is 693 Å². The minimum absolute atomic E-state index is 0.0292. The van der Waals surface area contributed by atoms with Gasteiger partial charge in [0.05, 0.1) is 125 Å². The van der Waals surface area contributed by atoms with E-state index < -0.39 is 102 Å². The summed E-state index contributed by atoms with van der Waals surface area (Å²) in [5.41, 5.74) is 42.3. The van der Waals surface area contributed by atoms with Crippen molar-refractivity contribution in [3.63, 3.8) is 0 Å². The molecule has 107 heavy (non-hydrogen) atoms. The third kappa shape index (κ3) is 54.1. The zero-order valence-corrected chi connectivity index (χ0v) is 61.1. The maximum Gasteiger partial charge on any atom is 0.322 e. The third-order valence-corrected chi connectivity index (χ3v) is 16.1. The Bertz CT molecular complexity index is 2230. The Labute approximate surface area is 623 Å². The van der Waals surface area contributed by atoms with E-state index in [-0.39, 0.29) is 82.4 Å². The summed E-state index contributed by atoms with van der Waals surface area (Å²) in [5, 5.41) is 70.6. The van der Waals surface area contributed by atoms with E-state index in [2.05, 4.69) is 5.32 Å². The van der Waals surface area contributed by atoms with Gasteiger partial charge in [-0.25, -0.2) is 0 Å². The molecule has 0 aromatic carbocycles. The fraction of sp³-hybridized carbons (Fsp3) is 0.857. The highest BCUT2D eigenvalue weighted by atomic mass is 32.2. The van der Waals surface area contributed by atoms with Crippen LogP contribution in [0.5, 0.6) is 0 Å². The fourth-order valence-corrected chi connectivity index (χ4v) is 9.88. The van der Waals surface area contributed by atoms with Crippen LogP contribution in [-0.4, -0.2) is 337 Å². The van der Waals surface area contributed by atoms with Gasteiger partial charge in [-0.15, -0.1) is 0 Å². The maximum absolute atomic E-state index is 11.2. The number of nitrogens with one attached hydrogen (secondary N) is 1. The van der Waals surface area contributed by atoms with Crippen LogP contribution in [0.3, 0.4) is 0 Å². The van der Waals surface area contributed by atoms with E-state index in [1.54, 1.807) is 0 Å². The largest absolute Gasteiger partial charge is 0.480 e. The number of rotatable bonds is 42. The Kier molecular flexibility index (Phi) is 58.2. The average molecular weight is 1580 g/mol. The van der Waals surface area contributed by atoms with E-state index in [0.29, 0.717) is 156 Å². The van der Waals surface area contributed by atoms with Crippen LogP contribution in [0.2, 0.25) is 0 Å². The van der Waals surface area contributed by atoms with E-state index in [1.165, 1.54) is 11.8 Å². The number of nitrogens with two attached hydrogens (primary N) is 8. The molecule has 0 bridgehead atoms. The second kappa shape index (κ2) is 62.4. The summed E-state index contributed by atoms with van der Waals surface area (Å²) < 4.78 is 87.4. The minimum Gasteiger partial charge on any atom is -0.480 e. The van der Waals surface area contributed by atoms with E-state index in [9.17, 15) is 43.2 Å². The quantitative estimate of drug-likeness (QED) is 0.0262. The molecule has 624 valence electrons. The van der Waals surface area contributed by atoms with Gasteiger partial charge in [-0.05, 0) is 64.2 Å². The van der Waals surface area contributed by atoms with Crippen molar-refractivity contribution in [1.82, 2.24) is 5.32 Å². The molecule has 8 aliphatic heterocycles. The van der Waals surface area contributed by atoms with Crippen molar-refractivity contribution in [2.24, 2.45) is 45.9 Å². The predicted octanol–water partition coefficient (Wildman–Crippen LogP) is -3.68. The average Bonchev–Trinajstić information content (AvgIpc) is 1.90. The summed E-state index contributed by atoms with van der Waals surface area (Å²) in [6.45, 7) is 10.5. The van der Waals surface area contributed by atoms with Gasteiger partial charge in [0.2, 0.25) is 0 Å². The molecule has 25 N–H and O–H groups in total. The standard InChI is InChI=1S/C10H19NO4.C9H17NO4.C8H13NO5.C8H15NO4.C7H14N2O4.C7H13NO5.C7H13NO4S.C7H13NO4/c11-8(10(12)13)4-2-1-3-5-9-14-6-7-15-9;10-7(9(11)12)3-1-2-4-8-13-5-6-14-8;9-6(8(11)12)3-5(10)4-7-13-1-2-14-7;9-6(8(10)11)2-1-3-7-12-4-5-13-7;8-5(7(10)11)3-9-4-6-12-1-2-13-6;8-5(7(9)10)3-11-4-6-12-1-2-13-6;8-5(7(9)10)3-13-4-6-11-1-2-12-6;8-5(7(9)10)1-2-6-11-3-4-12-6/h8-9H,1-7,11H2,(H,12,13);7-8H,1-6,10H2,(H,11,12);6-7H,1-4,9H2,(H,11,12);6-7H,1-5,9H2,(H,10,11);5-6,9H,1-4,8H2,(H,10,11);2*5-6H,1-4,8H2,(H,9,10);5-6H,1-4,8H2,(H,9,10). The van der Waals surface area contributed by atoms with Crippen LogP contribution in [0, 0.1) is 0 Å². The number of aliphatic carboxylic acids is 8. The summed E-state index contributed by atoms with van der Waals surface area (Å²) in [6.07, 6.45) is 8.15. The second-order valence-corrected chi connectivity index (χ2v) is 25.1. The van der Waals surface area contributed by atoms with Crippen molar-refractivity contribution < 1.29 is 165 Å². The van der Waals surface area contributed by atoms with Gasteiger partial charge in [0.15, 0.2) is 50.3 Å². The van der Waals surface area contributed by atoms with Crippen LogP contribution in [0.25, 0.3) is 0 Å². The van der Waals surface area contributed by atoms with Crippen LogP contribution >= 0.6 is 11.8 Å². The van der Waals surface area contributed by atoms with Gasteiger partial charge in [-0.3, -0.25) is 43.2 Å². The molecule has 8 atom stereocenters. The van der Waals surface area contributed by atoms with Gasteiger partial charge >= 0.3 is 47.8 Å². The van der Waals surface area contributed by atoms with Crippen molar-refractivity contribution in [1.29, 1.82) is 0 Å². The summed E-state index contributed by atoms with van der Waals surface area (Å²) >= 11 is 1.43. The lowest BCUT2D eigenvalue weighted by molar-refractivity contribution is -0.142. The zero-order chi connectivity index (χ0) is 79.7. The number of carbonyl (C=O) groups excluding carboxylic acids is 1. The van der Waals surface area contributed by atoms with Crippen molar-refractivity contribution in [2.45, 2.75) is 201 Å². The Balaban J connectivity index is 0.000000612. The molecular formula is C63H117N9O34S. The summed E-state index contributed by atoms with van der Waals surface area (Å²) in [7, 11) is 0. The SMILES string of the molecule is NC(CC(=O)CC1OCCO1)C(=O)O.NC(CCC1OCCO1)C(=O)O.NC(CCCC1OCCO1)C(=O)O.NC(CCCCC1OCCO1)C(=O)O.NC(CCCCCC1OCCO1)C(=O)O.NC(CNCC1OCCO1)C(=O)O.NC(COCC1OCCO1)C(=O)O.NC(CSCC1OCCO1)C(=O)O. The lowest BCUT2D eigenvalue weighted by atomic mass is 10.1. The molecule has 0 radical (unpaired) electrons. The first-order valence-electron chi connectivity index (χ1n) is 35.1. The van der Waals surface area contributed by atoms with Crippen LogP contribution in [-0.2, 0) is 124 Å². The molecule has 8 saturated heterocycles. The highest BCUT2D eigenvalue weighted by Crippen LogP contribution is 2.18. The number of ether oxygens (including phenoxy) is 17. The Morgan fingerprint density at radius 3 is 1.03 bits per heavy atom. The minimum atomic E-state index is -1.17. The molecule has 0 aromatic heterocycles. The maximum atomic E-state index is 11.2. The highest BCUT2D eigenvalue weighted by molar-refractivity contribution is 7.99.